The molecule has 0 aliphatic carbocycles. The molecule has 74 heavy (non-hydrogen) atoms. The van der Waals surface area contributed by atoms with Crippen molar-refractivity contribution in [3.8, 4) is 23.0 Å². The molecule has 0 aromatic heterocycles. The van der Waals surface area contributed by atoms with E-state index < -0.39 is 0 Å². The molecule has 0 aliphatic rings. The predicted octanol–water partition coefficient (Wildman–Crippen LogP) is 16.1. The van der Waals surface area contributed by atoms with Gasteiger partial charge in [-0.05, 0) is 187 Å². The third kappa shape index (κ3) is 36.3. The number of unbranched alkanes of at least 4 members (excludes halogenated alkanes) is 12. The van der Waals surface area contributed by atoms with E-state index in [4.69, 9.17) is 18.9 Å². The summed E-state index contributed by atoms with van der Waals surface area (Å²) in [7, 11) is 19.1. The van der Waals surface area contributed by atoms with Crippen molar-refractivity contribution in [2.24, 2.45) is 23.7 Å². The normalized spacial score (nSPS) is 12.9. The number of nitrogens with zero attached hydrogens (tertiary/aromatic N) is 4. The molecule has 2 rings (SSSR count). The fraction of sp³-hybridized carbons (Fsp3) is 0.788. The number of hydrogen-bond donors (Lipinski definition) is 0. The number of hydrogen-bond acceptors (Lipinski definition) is 4. The molecule has 0 spiro atoms. The van der Waals surface area contributed by atoms with Crippen LogP contribution in [0.15, 0.2) is 36.4 Å². The molecule has 8 nitrogen and oxygen atoms in total. The van der Waals surface area contributed by atoms with Crippen molar-refractivity contribution >= 4 is 12.2 Å². The summed E-state index contributed by atoms with van der Waals surface area (Å²) in [5.74, 6) is 6.59. The van der Waals surface area contributed by atoms with Gasteiger partial charge in [0.25, 0.3) is 0 Å². The molecule has 0 atom stereocenters. The molecule has 0 aliphatic heterocycles. The Labute approximate surface area is 460 Å². The molecule has 428 valence electrons. The van der Waals surface area contributed by atoms with Gasteiger partial charge < -0.3 is 36.9 Å². The lowest BCUT2D eigenvalue weighted by molar-refractivity contribution is -0.891. The first-order valence-electron chi connectivity index (χ1n) is 30.7. The standard InChI is InChI=1S/C66H124N4O4/c1-57(2)35-43-67(9,10)39-25-17-21-29-47-71-63-51-61(52-64(55-63)72-48-30-22-18-26-40-68(11,12)44-36-58(3)4)33-34-62-53-65(73-49-31-23-19-27-41-69(13,14)45-37-59(5)6)56-66(54-62)74-50-32-24-20-28-42-70(15,16)46-38-60(7)8/h33-34,51-60H,17-32,35-50H2,1-16H3/q+4/b34-33+. The van der Waals surface area contributed by atoms with Gasteiger partial charge in [0, 0.05) is 12.1 Å². The summed E-state index contributed by atoms with van der Waals surface area (Å²) in [5, 5.41) is 0. The Morgan fingerprint density at radius 3 is 0.689 bits per heavy atom. The van der Waals surface area contributed by atoms with E-state index in [1.54, 1.807) is 0 Å². The molecule has 0 saturated carbocycles. The van der Waals surface area contributed by atoms with Crippen molar-refractivity contribution in [1.82, 2.24) is 0 Å². The van der Waals surface area contributed by atoms with Crippen LogP contribution in [0, 0.1) is 23.7 Å². The van der Waals surface area contributed by atoms with Crippen molar-refractivity contribution in [3.05, 3.63) is 47.5 Å². The summed E-state index contributed by atoms with van der Waals surface area (Å²) in [5.41, 5.74) is 2.15. The van der Waals surface area contributed by atoms with Crippen molar-refractivity contribution in [3.63, 3.8) is 0 Å². The SMILES string of the molecule is CC(C)CC[N+](C)(C)CCCCCCOc1cc(/C=C/c2cc(OCCCCCC[N+](C)(C)CCC(C)C)cc(OCCCCCC[N+](C)(C)CCC(C)C)c2)cc(OCCCCCC[N+](C)(C)CCC(C)C)c1. The Morgan fingerprint density at radius 2 is 0.486 bits per heavy atom. The van der Waals surface area contributed by atoms with E-state index in [9.17, 15) is 0 Å². The smallest absolute Gasteiger partial charge is 0.123 e. The fourth-order valence-electron chi connectivity index (χ4n) is 9.53. The Hall–Kier alpha value is -2.78. The molecular formula is C66H124N4O4+4. The number of quaternary nitrogens is 4. The second-order valence-corrected chi connectivity index (χ2v) is 27.1. The van der Waals surface area contributed by atoms with Gasteiger partial charge in [-0.1, -0.05) is 67.5 Å². The highest BCUT2D eigenvalue weighted by molar-refractivity contribution is 5.72. The predicted molar refractivity (Wildman–Crippen MR) is 323 cm³/mol. The Bertz CT molecular complexity index is 1510. The highest BCUT2D eigenvalue weighted by Gasteiger charge is 2.18. The summed E-state index contributed by atoms with van der Waals surface area (Å²) in [6.45, 7) is 31.5. The Kier molecular flexibility index (Phi) is 33.8. The van der Waals surface area contributed by atoms with Crippen LogP contribution in [0.25, 0.3) is 12.2 Å². The zero-order valence-corrected chi connectivity index (χ0v) is 52.0. The fourth-order valence-corrected chi connectivity index (χ4v) is 9.53. The maximum atomic E-state index is 6.48. The minimum absolute atomic E-state index is 0.718. The van der Waals surface area contributed by atoms with Crippen LogP contribution in [0.2, 0.25) is 0 Å². The second-order valence-electron chi connectivity index (χ2n) is 27.1. The van der Waals surface area contributed by atoms with Gasteiger partial charge in [-0.25, -0.2) is 0 Å². The van der Waals surface area contributed by atoms with Gasteiger partial charge in [-0.3, -0.25) is 0 Å². The minimum Gasteiger partial charge on any atom is -0.493 e. The minimum atomic E-state index is 0.718. The molecule has 0 saturated heterocycles. The lowest BCUT2D eigenvalue weighted by Crippen LogP contribution is -2.41. The van der Waals surface area contributed by atoms with E-state index in [-0.39, 0.29) is 0 Å². The summed E-state index contributed by atoms with van der Waals surface area (Å²) in [6, 6.07) is 12.9. The van der Waals surface area contributed by atoms with E-state index in [0.29, 0.717) is 0 Å². The molecular weight excluding hydrogens is 913 g/mol. The maximum absolute atomic E-state index is 6.48. The zero-order valence-electron chi connectivity index (χ0n) is 52.0. The van der Waals surface area contributed by atoms with E-state index in [1.165, 1.54) is 155 Å². The molecule has 0 fully saturated rings. The molecule has 8 heteroatoms. The maximum Gasteiger partial charge on any atom is 0.123 e. The van der Waals surface area contributed by atoms with Gasteiger partial charge in [-0.15, -0.1) is 0 Å². The van der Waals surface area contributed by atoms with Gasteiger partial charge in [0.1, 0.15) is 23.0 Å². The molecule has 0 unspecified atom stereocenters. The van der Waals surface area contributed by atoms with Crippen LogP contribution >= 0.6 is 0 Å². The quantitative estimate of drug-likeness (QED) is 0.0376. The first-order valence-corrected chi connectivity index (χ1v) is 30.7. The van der Waals surface area contributed by atoms with Gasteiger partial charge in [0.2, 0.25) is 0 Å². The van der Waals surface area contributed by atoms with Crippen LogP contribution in [-0.2, 0) is 0 Å². The Balaban J connectivity index is 2.16. The van der Waals surface area contributed by atoms with Crippen molar-refractivity contribution in [2.45, 2.75) is 184 Å². The van der Waals surface area contributed by atoms with E-state index >= 15 is 0 Å². The third-order valence-corrected chi connectivity index (χ3v) is 15.2. The molecule has 0 heterocycles. The highest BCUT2D eigenvalue weighted by Crippen LogP contribution is 2.29. The number of benzene rings is 2. The Morgan fingerprint density at radius 1 is 0.284 bits per heavy atom. The van der Waals surface area contributed by atoms with Gasteiger partial charge in [-0.2, -0.15) is 0 Å². The van der Waals surface area contributed by atoms with Crippen LogP contribution in [0.4, 0.5) is 0 Å². The number of ether oxygens (including phenoxy) is 4. The highest BCUT2D eigenvalue weighted by atomic mass is 16.5. The van der Waals surface area contributed by atoms with Crippen molar-refractivity contribution in [1.29, 1.82) is 0 Å². The van der Waals surface area contributed by atoms with Crippen LogP contribution in [0.5, 0.6) is 23.0 Å². The summed E-state index contributed by atoms with van der Waals surface area (Å²) >= 11 is 0. The van der Waals surface area contributed by atoms with E-state index in [2.05, 4.69) is 160 Å². The first kappa shape index (κ1) is 67.3. The average Bonchev–Trinajstić information content (AvgIpc) is 3.32. The lowest BCUT2D eigenvalue weighted by Gasteiger charge is -2.30. The molecule has 0 radical (unpaired) electrons. The summed E-state index contributed by atoms with van der Waals surface area (Å²) in [4.78, 5) is 0. The number of rotatable bonds is 46. The van der Waals surface area contributed by atoms with Crippen molar-refractivity contribution < 1.29 is 36.9 Å². The van der Waals surface area contributed by atoms with E-state index in [0.717, 1.165) is 128 Å². The average molecular weight is 1040 g/mol. The summed E-state index contributed by atoms with van der Waals surface area (Å²) in [6.07, 6.45) is 28.7. The topological polar surface area (TPSA) is 36.9 Å². The van der Waals surface area contributed by atoms with Crippen LogP contribution in [-0.4, -0.2) is 153 Å². The van der Waals surface area contributed by atoms with Crippen LogP contribution in [0.1, 0.15) is 195 Å². The van der Waals surface area contributed by atoms with Crippen LogP contribution in [0.3, 0.4) is 0 Å². The molecule has 2 aromatic carbocycles. The third-order valence-electron chi connectivity index (χ3n) is 15.2. The molecule has 0 N–H and O–H groups in total. The largest absolute Gasteiger partial charge is 0.493 e. The van der Waals surface area contributed by atoms with Crippen molar-refractivity contribution in [2.75, 3.05) is 135 Å². The summed E-state index contributed by atoms with van der Waals surface area (Å²) < 4.78 is 30.4. The van der Waals surface area contributed by atoms with E-state index in [1.807, 2.05) is 0 Å². The van der Waals surface area contributed by atoms with Crippen LogP contribution < -0.4 is 18.9 Å². The van der Waals surface area contributed by atoms with Gasteiger partial charge >= 0.3 is 0 Å². The first-order chi connectivity index (χ1) is 34.9. The lowest BCUT2D eigenvalue weighted by atomic mass is 10.1. The molecule has 0 amide bonds. The zero-order chi connectivity index (χ0) is 54.9. The monoisotopic (exact) mass is 1040 g/mol. The van der Waals surface area contributed by atoms with Gasteiger partial charge in [0.15, 0.2) is 0 Å². The molecule has 0 bridgehead atoms. The molecule has 2 aromatic rings. The second kappa shape index (κ2) is 37.1. The van der Waals surface area contributed by atoms with Gasteiger partial charge in [0.05, 0.1) is 135 Å².